The summed E-state index contributed by atoms with van der Waals surface area (Å²) >= 11 is 0.931. The molecule has 200 valence electrons. The Labute approximate surface area is 227 Å². The molecule has 0 spiro atoms. The molecule has 0 radical (unpaired) electrons. The summed E-state index contributed by atoms with van der Waals surface area (Å²) in [5.74, 6) is -2.09. The smallest absolute Gasteiger partial charge is 0.350 e. The largest absolute Gasteiger partial charge is 0.503 e. The number of ketones is 1. The Kier molecular flexibility index (Phi) is 6.83. The quantitative estimate of drug-likeness (QED) is 0.234. The van der Waals surface area contributed by atoms with Crippen molar-refractivity contribution >= 4 is 45.1 Å². The fraction of sp³-hybridized carbons (Fsp3) is 0.214. The number of aliphatic hydroxyl groups is 1. The van der Waals surface area contributed by atoms with Crippen LogP contribution in [0.2, 0.25) is 0 Å². The van der Waals surface area contributed by atoms with E-state index in [4.69, 9.17) is 18.6 Å². The molecule has 11 heteroatoms. The van der Waals surface area contributed by atoms with Crippen LogP contribution < -0.4 is 14.4 Å². The van der Waals surface area contributed by atoms with E-state index in [0.717, 1.165) is 11.3 Å². The molecule has 0 aliphatic carbocycles. The summed E-state index contributed by atoms with van der Waals surface area (Å²) in [6, 6.07) is 12.4. The SMILES string of the molecule is CCOC(=O)c1sc(N2C(=O)C(O)=C(C(=O)c3cc4ccccc4o3)[C@H]2c2ccc(OC)c(OC)c2)nc1C. The number of aryl methyl sites for hydroxylation is 1. The van der Waals surface area contributed by atoms with Gasteiger partial charge in [-0.15, -0.1) is 0 Å². The summed E-state index contributed by atoms with van der Waals surface area (Å²) in [6.45, 7) is 3.47. The van der Waals surface area contributed by atoms with Crippen molar-refractivity contribution in [1.29, 1.82) is 0 Å². The molecule has 2 aromatic heterocycles. The molecule has 39 heavy (non-hydrogen) atoms. The van der Waals surface area contributed by atoms with E-state index in [9.17, 15) is 19.5 Å². The number of benzene rings is 2. The minimum atomic E-state index is -1.11. The zero-order chi connectivity index (χ0) is 27.8. The minimum absolute atomic E-state index is 0.0413. The zero-order valence-electron chi connectivity index (χ0n) is 21.5. The van der Waals surface area contributed by atoms with E-state index in [1.807, 2.05) is 6.07 Å². The number of carbonyl (C=O) groups excluding carboxylic acids is 3. The van der Waals surface area contributed by atoms with Gasteiger partial charge < -0.3 is 23.7 Å². The first kappa shape index (κ1) is 26.0. The number of methoxy groups -OCH3 is 2. The average Bonchev–Trinajstić information content (AvgIpc) is 3.62. The summed E-state index contributed by atoms with van der Waals surface area (Å²) in [6.07, 6.45) is 0. The summed E-state index contributed by atoms with van der Waals surface area (Å²) in [7, 11) is 2.95. The summed E-state index contributed by atoms with van der Waals surface area (Å²) in [4.78, 5) is 45.7. The molecule has 3 heterocycles. The highest BCUT2D eigenvalue weighted by Gasteiger charge is 2.47. The van der Waals surface area contributed by atoms with Gasteiger partial charge in [-0.05, 0) is 43.7 Å². The van der Waals surface area contributed by atoms with Crippen molar-refractivity contribution in [2.24, 2.45) is 0 Å². The molecule has 0 fully saturated rings. The number of ether oxygens (including phenoxy) is 3. The molecule has 0 bridgehead atoms. The molecule has 10 nitrogen and oxygen atoms in total. The van der Waals surface area contributed by atoms with Crippen LogP contribution >= 0.6 is 11.3 Å². The maximum atomic E-state index is 13.8. The molecule has 4 aromatic rings. The second-order valence-corrected chi connectivity index (χ2v) is 9.54. The van der Waals surface area contributed by atoms with Crippen LogP contribution in [0.15, 0.2) is 64.3 Å². The molecule has 0 unspecified atom stereocenters. The highest BCUT2D eigenvalue weighted by Crippen LogP contribution is 2.45. The topological polar surface area (TPSA) is 128 Å². The van der Waals surface area contributed by atoms with Gasteiger partial charge in [0.05, 0.1) is 38.1 Å². The van der Waals surface area contributed by atoms with Gasteiger partial charge in [0, 0.05) is 5.39 Å². The average molecular weight is 549 g/mol. The van der Waals surface area contributed by atoms with Gasteiger partial charge in [0.1, 0.15) is 10.5 Å². The lowest BCUT2D eigenvalue weighted by atomic mass is 9.95. The Bertz CT molecular complexity index is 1620. The lowest BCUT2D eigenvalue weighted by molar-refractivity contribution is -0.117. The highest BCUT2D eigenvalue weighted by atomic mass is 32.1. The molecular weight excluding hydrogens is 524 g/mol. The van der Waals surface area contributed by atoms with Crippen molar-refractivity contribution in [3.8, 4) is 11.5 Å². The number of fused-ring (bicyclic) bond motifs is 1. The number of nitrogens with zero attached hydrogens (tertiary/aromatic N) is 2. The van der Waals surface area contributed by atoms with E-state index in [1.165, 1.54) is 19.1 Å². The van der Waals surface area contributed by atoms with Crippen molar-refractivity contribution in [2.45, 2.75) is 19.9 Å². The van der Waals surface area contributed by atoms with Crippen LogP contribution in [-0.2, 0) is 9.53 Å². The van der Waals surface area contributed by atoms with Gasteiger partial charge in [-0.3, -0.25) is 14.5 Å². The van der Waals surface area contributed by atoms with E-state index in [0.29, 0.717) is 33.7 Å². The maximum absolute atomic E-state index is 13.8. The molecular formula is C28H24N2O8S. The predicted molar refractivity (Wildman–Crippen MR) is 143 cm³/mol. The first-order valence-electron chi connectivity index (χ1n) is 11.9. The Morgan fingerprint density at radius 2 is 1.85 bits per heavy atom. The number of thiazole rings is 1. The standard InChI is InChI=1S/C28H24N2O8S/c1-5-37-27(34)25-14(2)29-28(39-25)30-22(16-10-11-18(35-3)19(13-16)36-4)21(24(32)26(30)33)23(31)20-12-15-8-6-7-9-17(15)38-20/h6-13,22,32H,5H2,1-4H3/t22-/m1/s1. The number of amides is 1. The molecule has 0 saturated heterocycles. The van der Waals surface area contributed by atoms with Gasteiger partial charge in [-0.25, -0.2) is 9.78 Å². The fourth-order valence-corrected chi connectivity index (χ4v) is 5.46. The van der Waals surface area contributed by atoms with Gasteiger partial charge >= 0.3 is 5.97 Å². The number of aliphatic hydroxyl groups excluding tert-OH is 1. The highest BCUT2D eigenvalue weighted by molar-refractivity contribution is 7.17. The number of anilines is 1. The summed E-state index contributed by atoms with van der Waals surface area (Å²) in [5.41, 5.74) is 1.08. The van der Waals surface area contributed by atoms with Crippen LogP contribution in [0.3, 0.4) is 0 Å². The third-order valence-corrected chi connectivity index (χ3v) is 7.41. The van der Waals surface area contributed by atoms with Crippen molar-refractivity contribution < 1.29 is 38.1 Å². The zero-order valence-corrected chi connectivity index (χ0v) is 22.3. The maximum Gasteiger partial charge on any atom is 0.350 e. The first-order valence-corrected chi connectivity index (χ1v) is 12.8. The Balaban J connectivity index is 1.67. The summed E-state index contributed by atoms with van der Waals surface area (Å²) < 4.78 is 21.7. The number of Topliss-reactive ketones (excluding diaryl/α,β-unsaturated/α-hetero) is 1. The number of carbonyl (C=O) groups is 3. The van der Waals surface area contributed by atoms with Crippen LogP contribution in [0.25, 0.3) is 11.0 Å². The van der Waals surface area contributed by atoms with Crippen LogP contribution in [0.5, 0.6) is 11.5 Å². The van der Waals surface area contributed by atoms with E-state index in [2.05, 4.69) is 4.98 Å². The van der Waals surface area contributed by atoms with E-state index in [1.54, 1.807) is 56.3 Å². The lowest BCUT2D eigenvalue weighted by Gasteiger charge is -2.25. The van der Waals surface area contributed by atoms with Crippen LogP contribution in [0, 0.1) is 6.92 Å². The van der Waals surface area contributed by atoms with E-state index < -0.39 is 29.5 Å². The molecule has 0 saturated carbocycles. The Hall–Kier alpha value is -4.64. The third-order valence-electron chi connectivity index (χ3n) is 6.28. The number of esters is 1. The molecule has 1 amide bonds. The second-order valence-electron chi connectivity index (χ2n) is 8.56. The van der Waals surface area contributed by atoms with Gasteiger partial charge in [0.25, 0.3) is 5.91 Å². The van der Waals surface area contributed by atoms with Crippen molar-refractivity contribution in [1.82, 2.24) is 4.98 Å². The summed E-state index contributed by atoms with van der Waals surface area (Å²) in [5, 5.41) is 11.9. The van der Waals surface area contributed by atoms with Crippen molar-refractivity contribution in [3.63, 3.8) is 0 Å². The number of hydrogen-bond donors (Lipinski definition) is 1. The molecule has 2 aromatic carbocycles. The van der Waals surface area contributed by atoms with Crippen LogP contribution in [-0.4, -0.2) is 48.6 Å². The first-order chi connectivity index (χ1) is 18.8. The predicted octanol–water partition coefficient (Wildman–Crippen LogP) is 5.17. The normalized spacial score (nSPS) is 15.2. The Morgan fingerprint density at radius 1 is 1.10 bits per heavy atom. The monoisotopic (exact) mass is 548 g/mol. The minimum Gasteiger partial charge on any atom is -0.503 e. The van der Waals surface area contributed by atoms with Crippen LogP contribution in [0.1, 0.15) is 44.4 Å². The van der Waals surface area contributed by atoms with Gasteiger partial charge in [0.15, 0.2) is 28.1 Å². The van der Waals surface area contributed by atoms with Crippen LogP contribution in [0.4, 0.5) is 5.13 Å². The molecule has 5 rings (SSSR count). The van der Waals surface area contributed by atoms with Crippen molar-refractivity contribution in [3.05, 3.63) is 81.8 Å². The molecule has 1 atom stereocenters. The molecule has 1 N–H and O–H groups in total. The second kappa shape index (κ2) is 10.3. The number of para-hydroxylation sites is 1. The molecule has 1 aliphatic heterocycles. The van der Waals surface area contributed by atoms with Crippen molar-refractivity contribution in [2.75, 3.05) is 25.7 Å². The number of hydrogen-bond acceptors (Lipinski definition) is 10. The van der Waals surface area contributed by atoms with Gasteiger partial charge in [-0.1, -0.05) is 35.6 Å². The number of aromatic nitrogens is 1. The molecule has 1 aliphatic rings. The lowest BCUT2D eigenvalue weighted by Crippen LogP contribution is -2.31. The number of furan rings is 1. The fourth-order valence-electron chi connectivity index (χ4n) is 4.47. The van der Waals surface area contributed by atoms with E-state index in [-0.39, 0.29) is 27.9 Å². The Morgan fingerprint density at radius 3 is 2.54 bits per heavy atom. The van der Waals surface area contributed by atoms with Gasteiger partial charge in [-0.2, -0.15) is 0 Å². The van der Waals surface area contributed by atoms with Gasteiger partial charge in [0.2, 0.25) is 5.78 Å². The third kappa shape index (κ3) is 4.40. The number of rotatable bonds is 8. The van der Waals surface area contributed by atoms with E-state index >= 15 is 0 Å².